The molecule has 1 aliphatic heterocycles. The van der Waals surface area contributed by atoms with Crippen LogP contribution < -0.4 is 9.64 Å². The van der Waals surface area contributed by atoms with Crippen molar-refractivity contribution in [1.82, 2.24) is 25.1 Å². The smallest absolute Gasteiger partial charge is 0.345 e. The van der Waals surface area contributed by atoms with Crippen LogP contribution in [0, 0.1) is 0 Å². The van der Waals surface area contributed by atoms with Gasteiger partial charge in [0, 0.05) is 37.3 Å². The van der Waals surface area contributed by atoms with E-state index in [4.69, 9.17) is 4.74 Å². The lowest BCUT2D eigenvalue weighted by atomic mass is 10.1. The first-order valence-electron chi connectivity index (χ1n) is 9.76. The van der Waals surface area contributed by atoms with Gasteiger partial charge in [-0.3, -0.25) is 0 Å². The summed E-state index contributed by atoms with van der Waals surface area (Å²) in [7, 11) is 2.17. The Morgan fingerprint density at radius 3 is 2.39 bits per heavy atom. The third-order valence-electron chi connectivity index (χ3n) is 5.33. The quantitative estimate of drug-likeness (QED) is 0.456. The molecule has 1 aliphatic rings. The van der Waals surface area contributed by atoms with Crippen LogP contribution >= 0.6 is 24.8 Å². The summed E-state index contributed by atoms with van der Waals surface area (Å²) in [5.41, 5.74) is 2.09. The summed E-state index contributed by atoms with van der Waals surface area (Å²) >= 11 is 0. The Kier molecular flexibility index (Phi) is 7.33. The number of anilines is 1. The molecule has 1 aromatic heterocycles. The molecule has 0 bridgehead atoms. The zero-order valence-electron chi connectivity index (χ0n) is 17.1. The van der Waals surface area contributed by atoms with Crippen molar-refractivity contribution in [2.24, 2.45) is 0 Å². The van der Waals surface area contributed by atoms with E-state index in [1.54, 1.807) is 4.68 Å². The number of hydrogen-bond acceptors (Lipinski definition) is 6. The van der Waals surface area contributed by atoms with Gasteiger partial charge in [-0.2, -0.15) is 4.68 Å². The monoisotopic (exact) mass is 458 g/mol. The van der Waals surface area contributed by atoms with Gasteiger partial charge in [-0.05, 0) is 53.2 Å². The highest BCUT2D eigenvalue weighted by molar-refractivity contribution is 5.95. The molecule has 0 saturated carbocycles. The normalized spacial score (nSPS) is 14.0. The maximum atomic E-state index is 6.07. The minimum Gasteiger partial charge on any atom is -0.423 e. The maximum Gasteiger partial charge on any atom is 0.345 e. The van der Waals surface area contributed by atoms with E-state index in [-0.39, 0.29) is 24.8 Å². The molecule has 0 unspecified atom stereocenters. The van der Waals surface area contributed by atoms with Crippen molar-refractivity contribution in [1.29, 1.82) is 0 Å². The summed E-state index contributed by atoms with van der Waals surface area (Å²) in [5, 5.41) is 14.3. The zero-order valence-corrected chi connectivity index (χ0v) is 18.7. The van der Waals surface area contributed by atoms with Gasteiger partial charge in [0.15, 0.2) is 0 Å². The van der Waals surface area contributed by atoms with E-state index in [0.29, 0.717) is 11.8 Å². The molecule has 0 radical (unpaired) electrons. The van der Waals surface area contributed by atoms with E-state index in [1.807, 2.05) is 36.4 Å². The predicted molar refractivity (Wildman–Crippen MR) is 127 cm³/mol. The van der Waals surface area contributed by atoms with Gasteiger partial charge >= 0.3 is 6.01 Å². The fourth-order valence-electron chi connectivity index (χ4n) is 3.70. The molecule has 1 fully saturated rings. The fourth-order valence-corrected chi connectivity index (χ4v) is 3.70. The van der Waals surface area contributed by atoms with Gasteiger partial charge in [0.05, 0.1) is 5.69 Å². The van der Waals surface area contributed by atoms with Crippen LogP contribution in [0.5, 0.6) is 11.8 Å². The lowest BCUT2D eigenvalue weighted by Crippen LogP contribution is -2.44. The lowest BCUT2D eigenvalue weighted by Gasteiger charge is -2.34. The Balaban J connectivity index is 0.00000136. The second-order valence-corrected chi connectivity index (χ2v) is 7.26. The van der Waals surface area contributed by atoms with Crippen LogP contribution in [0.4, 0.5) is 5.69 Å². The van der Waals surface area contributed by atoms with E-state index in [9.17, 15) is 0 Å². The Labute approximate surface area is 193 Å². The topological polar surface area (TPSA) is 59.3 Å². The van der Waals surface area contributed by atoms with Gasteiger partial charge in [0.2, 0.25) is 0 Å². The third-order valence-corrected chi connectivity index (χ3v) is 5.33. The zero-order chi connectivity index (χ0) is 19.6. The first kappa shape index (κ1) is 22.8. The van der Waals surface area contributed by atoms with Crippen molar-refractivity contribution in [3.63, 3.8) is 0 Å². The summed E-state index contributed by atoms with van der Waals surface area (Å²) in [6, 6.07) is 22.6. The summed E-state index contributed by atoms with van der Waals surface area (Å²) in [6.07, 6.45) is 0. The predicted octanol–water partition coefficient (Wildman–Crippen LogP) is 4.20. The van der Waals surface area contributed by atoms with Crippen LogP contribution in [-0.4, -0.2) is 58.3 Å². The van der Waals surface area contributed by atoms with Gasteiger partial charge in [0.1, 0.15) is 5.75 Å². The number of ether oxygens (including phenoxy) is 1. The number of tetrazole rings is 1. The summed E-state index contributed by atoms with van der Waals surface area (Å²) in [5.74, 6) is 0.714. The number of benzene rings is 3. The van der Waals surface area contributed by atoms with Crippen LogP contribution in [0.25, 0.3) is 16.5 Å². The summed E-state index contributed by atoms with van der Waals surface area (Å²) in [6.45, 7) is 4.18. The maximum absolute atomic E-state index is 6.07. The van der Waals surface area contributed by atoms with Crippen molar-refractivity contribution in [2.45, 2.75) is 0 Å². The molecule has 3 aromatic carbocycles. The highest BCUT2D eigenvalue weighted by atomic mass is 35.5. The van der Waals surface area contributed by atoms with Gasteiger partial charge in [-0.1, -0.05) is 41.5 Å². The molecule has 162 valence electrons. The molecular formula is C22H24Cl2N6O. The van der Waals surface area contributed by atoms with Crippen LogP contribution in [0.15, 0.2) is 66.7 Å². The van der Waals surface area contributed by atoms with Crippen LogP contribution in [0.3, 0.4) is 0 Å². The number of halogens is 2. The highest BCUT2D eigenvalue weighted by Gasteiger charge is 2.17. The molecule has 1 saturated heterocycles. The minimum absolute atomic E-state index is 0. The molecule has 0 N–H and O–H groups in total. The van der Waals surface area contributed by atoms with E-state index in [1.165, 1.54) is 16.5 Å². The number of aromatic nitrogens is 4. The number of fused-ring (bicyclic) bond motifs is 1. The molecule has 7 nitrogen and oxygen atoms in total. The van der Waals surface area contributed by atoms with Crippen molar-refractivity contribution in [3.8, 4) is 17.4 Å². The molecule has 0 atom stereocenters. The van der Waals surface area contributed by atoms with Gasteiger partial charge in [-0.25, -0.2) is 0 Å². The average Bonchev–Trinajstić information content (AvgIpc) is 3.23. The fraction of sp³-hybridized carbons (Fsp3) is 0.227. The molecule has 0 amide bonds. The van der Waals surface area contributed by atoms with Crippen molar-refractivity contribution < 1.29 is 4.74 Å². The van der Waals surface area contributed by atoms with Crippen molar-refractivity contribution in [2.75, 3.05) is 38.1 Å². The molecule has 4 aromatic rings. The van der Waals surface area contributed by atoms with Gasteiger partial charge in [0.25, 0.3) is 0 Å². The van der Waals surface area contributed by atoms with Crippen LogP contribution in [0.1, 0.15) is 0 Å². The Bertz CT molecular complexity index is 1130. The lowest BCUT2D eigenvalue weighted by molar-refractivity contribution is 0.313. The van der Waals surface area contributed by atoms with E-state index in [2.05, 4.69) is 62.7 Å². The number of nitrogens with zero attached hydrogens (tertiary/aromatic N) is 6. The van der Waals surface area contributed by atoms with Crippen molar-refractivity contribution in [3.05, 3.63) is 66.7 Å². The second kappa shape index (κ2) is 9.96. The number of piperazine rings is 1. The largest absolute Gasteiger partial charge is 0.423 e. The Hall–Kier alpha value is -2.87. The standard InChI is InChI=1S/C22H22N6O.2ClH/c1-26-12-14-27(15-13-26)21-9-5-6-17-10-11-19(16-20(17)21)29-22-23-24-25-28(22)18-7-3-2-4-8-18;;/h2-11,16H,12-15H2,1H3;2*1H. The molecule has 0 aliphatic carbocycles. The SMILES string of the molecule is CN1CCN(c2cccc3ccc(Oc4nnnn4-c4ccccc4)cc23)CC1.Cl.Cl. The first-order chi connectivity index (χ1) is 14.3. The van der Waals surface area contributed by atoms with Crippen LogP contribution in [0.2, 0.25) is 0 Å². The average molecular weight is 459 g/mol. The molecule has 9 heteroatoms. The van der Waals surface area contributed by atoms with E-state index >= 15 is 0 Å². The highest BCUT2D eigenvalue weighted by Crippen LogP contribution is 2.32. The van der Waals surface area contributed by atoms with Gasteiger partial charge in [-0.15, -0.1) is 24.8 Å². The van der Waals surface area contributed by atoms with E-state index < -0.39 is 0 Å². The number of para-hydroxylation sites is 1. The van der Waals surface area contributed by atoms with E-state index in [0.717, 1.165) is 31.9 Å². The number of likely N-dealkylation sites (N-methyl/N-ethyl adjacent to an activating group) is 1. The molecule has 0 spiro atoms. The molecular weight excluding hydrogens is 435 g/mol. The first-order valence-corrected chi connectivity index (χ1v) is 9.76. The second-order valence-electron chi connectivity index (χ2n) is 7.26. The molecule has 2 heterocycles. The minimum atomic E-state index is 0. The number of hydrogen-bond donors (Lipinski definition) is 0. The number of rotatable bonds is 4. The molecule has 5 rings (SSSR count). The van der Waals surface area contributed by atoms with Crippen LogP contribution in [-0.2, 0) is 0 Å². The van der Waals surface area contributed by atoms with Gasteiger partial charge < -0.3 is 14.5 Å². The van der Waals surface area contributed by atoms with Crippen molar-refractivity contribution >= 4 is 41.3 Å². The Morgan fingerprint density at radius 2 is 1.61 bits per heavy atom. The molecule has 31 heavy (non-hydrogen) atoms. The Morgan fingerprint density at radius 1 is 0.839 bits per heavy atom. The third kappa shape index (κ3) is 4.74. The summed E-state index contributed by atoms with van der Waals surface area (Å²) < 4.78 is 7.67. The summed E-state index contributed by atoms with van der Waals surface area (Å²) in [4.78, 5) is 4.81.